The molecule has 0 aromatic heterocycles. The molecule has 1 aliphatic rings. The molecule has 0 unspecified atom stereocenters. The highest BCUT2D eigenvalue weighted by atomic mass is 16.2. The van der Waals surface area contributed by atoms with Gasteiger partial charge in [0.1, 0.15) is 0 Å². The topological polar surface area (TPSA) is 32.3 Å². The summed E-state index contributed by atoms with van der Waals surface area (Å²) in [5, 5.41) is 2.66. The Hall–Kier alpha value is -1.35. The molecule has 3 heteroatoms. The van der Waals surface area contributed by atoms with Crippen molar-refractivity contribution in [3.8, 4) is 0 Å². The second-order valence-corrected chi connectivity index (χ2v) is 4.79. The Bertz CT molecular complexity index is 371. The summed E-state index contributed by atoms with van der Waals surface area (Å²) in [7, 11) is 5.53. The fourth-order valence-corrected chi connectivity index (χ4v) is 2.40. The summed E-state index contributed by atoms with van der Waals surface area (Å²) < 4.78 is 0. The van der Waals surface area contributed by atoms with Crippen molar-refractivity contribution >= 4 is 5.91 Å². The maximum atomic E-state index is 12.3. The lowest BCUT2D eigenvalue weighted by Crippen LogP contribution is -2.47. The molecule has 96 valence electrons. The fraction of sp³-hybridized carbons (Fsp3) is 0.467. The zero-order valence-corrected chi connectivity index (χ0v) is 10.6. The normalized spacial score (nSPS) is 17.5. The molecular weight excluding hydrogens is 224 g/mol. The van der Waals surface area contributed by atoms with Gasteiger partial charge >= 0.3 is 0 Å². The summed E-state index contributed by atoms with van der Waals surface area (Å²) in [6, 6.07) is 9.66. The third kappa shape index (κ3) is 3.33. The Morgan fingerprint density at radius 2 is 1.89 bits per heavy atom. The smallest absolute Gasteiger partial charge is 0.240 e. The maximum Gasteiger partial charge on any atom is 0.240 e. The Kier molecular flexibility index (Phi) is 4.76. The highest BCUT2D eigenvalue weighted by Crippen LogP contribution is 2.12. The highest BCUT2D eigenvalue weighted by Gasteiger charge is 2.24. The van der Waals surface area contributed by atoms with Crippen LogP contribution in [0.4, 0.5) is 0 Å². The number of rotatable bonds is 4. The van der Waals surface area contributed by atoms with Crippen LogP contribution in [0.5, 0.6) is 0 Å². The van der Waals surface area contributed by atoms with Crippen molar-refractivity contribution in [2.75, 3.05) is 13.1 Å². The van der Waals surface area contributed by atoms with E-state index in [-0.39, 0.29) is 11.9 Å². The van der Waals surface area contributed by atoms with Gasteiger partial charge < -0.3 is 4.90 Å². The van der Waals surface area contributed by atoms with Crippen molar-refractivity contribution in [1.29, 1.82) is 0 Å². The molecule has 1 saturated heterocycles. The summed E-state index contributed by atoms with van der Waals surface area (Å²) >= 11 is 0. The van der Waals surface area contributed by atoms with Crippen molar-refractivity contribution < 1.29 is 4.79 Å². The van der Waals surface area contributed by atoms with Crippen molar-refractivity contribution in [2.24, 2.45) is 0 Å². The second-order valence-electron chi connectivity index (χ2n) is 4.79. The Morgan fingerprint density at radius 1 is 1.22 bits per heavy atom. The van der Waals surface area contributed by atoms with Crippen LogP contribution in [-0.2, 0) is 11.2 Å². The van der Waals surface area contributed by atoms with Crippen molar-refractivity contribution in [3.63, 3.8) is 0 Å². The van der Waals surface area contributed by atoms with E-state index in [2.05, 4.69) is 5.32 Å². The van der Waals surface area contributed by atoms with E-state index in [1.54, 1.807) is 0 Å². The number of likely N-dealkylation sites (tertiary alicyclic amines) is 1. The number of benzene rings is 1. The van der Waals surface area contributed by atoms with Gasteiger partial charge in [-0.1, -0.05) is 30.3 Å². The molecule has 2 rings (SSSR count). The standard InChI is InChI=1S/C15H20N2O/c1-16-14(12-13-8-4-2-5-9-13)15(18)17-10-6-3-7-11-17/h1-2,4-5,8-9,14,16H,3,6-7,10-12H2/t14-/m0/s1. The van der Waals surface area contributed by atoms with E-state index in [1.165, 1.54) is 6.42 Å². The van der Waals surface area contributed by atoms with Gasteiger partial charge in [0, 0.05) is 20.1 Å². The first-order valence-corrected chi connectivity index (χ1v) is 6.60. The molecule has 0 bridgehead atoms. The molecule has 0 aliphatic carbocycles. The number of carbonyl (C=O) groups is 1. The summed E-state index contributed by atoms with van der Waals surface area (Å²) in [6.07, 6.45) is 4.08. The van der Waals surface area contributed by atoms with Gasteiger partial charge in [-0.05, 0) is 31.2 Å². The molecule has 1 atom stereocenters. The van der Waals surface area contributed by atoms with Gasteiger partial charge in [0.25, 0.3) is 0 Å². The average Bonchev–Trinajstić information content (AvgIpc) is 2.46. The zero-order chi connectivity index (χ0) is 12.8. The molecule has 1 aliphatic heterocycles. The molecule has 0 spiro atoms. The molecular formula is C15H20N2O. The predicted octanol–water partition coefficient (Wildman–Crippen LogP) is 1.87. The highest BCUT2D eigenvalue weighted by molar-refractivity contribution is 5.82. The number of piperidine rings is 1. The summed E-state index contributed by atoms with van der Waals surface area (Å²) in [4.78, 5) is 14.2. The minimum Gasteiger partial charge on any atom is -0.341 e. The Morgan fingerprint density at radius 3 is 2.50 bits per heavy atom. The van der Waals surface area contributed by atoms with E-state index in [1.807, 2.05) is 35.2 Å². The van der Waals surface area contributed by atoms with Gasteiger partial charge in [-0.2, -0.15) is 0 Å². The molecule has 18 heavy (non-hydrogen) atoms. The lowest BCUT2D eigenvalue weighted by molar-refractivity contribution is -0.134. The van der Waals surface area contributed by atoms with Crippen molar-refractivity contribution in [3.05, 3.63) is 42.9 Å². The molecule has 1 aromatic carbocycles. The predicted molar refractivity (Wildman–Crippen MR) is 71.8 cm³/mol. The van der Waals surface area contributed by atoms with E-state index >= 15 is 0 Å². The SMILES string of the molecule is [CH]N[C@@H](Cc1ccccc1)C(=O)N1CCCCC1. The fourth-order valence-electron chi connectivity index (χ4n) is 2.40. The molecule has 1 aromatic rings. The summed E-state index contributed by atoms with van der Waals surface area (Å²) in [5.41, 5.74) is 1.13. The first-order chi connectivity index (χ1) is 8.81. The van der Waals surface area contributed by atoms with Crippen LogP contribution in [0.1, 0.15) is 24.8 Å². The number of nitrogens with zero attached hydrogens (tertiary/aromatic N) is 1. The quantitative estimate of drug-likeness (QED) is 0.820. The second kappa shape index (κ2) is 6.55. The van der Waals surface area contributed by atoms with Gasteiger partial charge in [-0.3, -0.25) is 10.1 Å². The van der Waals surface area contributed by atoms with E-state index in [0.29, 0.717) is 6.42 Å². The summed E-state index contributed by atoms with van der Waals surface area (Å²) in [5.74, 6) is 0.126. The molecule has 1 heterocycles. The lowest BCUT2D eigenvalue weighted by atomic mass is 10.0. The van der Waals surface area contributed by atoms with Crippen LogP contribution in [-0.4, -0.2) is 29.9 Å². The first-order valence-electron chi connectivity index (χ1n) is 6.60. The largest absolute Gasteiger partial charge is 0.341 e. The number of hydrogen-bond donors (Lipinski definition) is 1. The van der Waals surface area contributed by atoms with Crippen molar-refractivity contribution in [2.45, 2.75) is 31.7 Å². The van der Waals surface area contributed by atoms with Crippen LogP contribution in [0.3, 0.4) is 0 Å². The van der Waals surface area contributed by atoms with E-state index in [4.69, 9.17) is 7.05 Å². The Labute approximate surface area is 109 Å². The Balaban J connectivity index is 1.97. The minimum atomic E-state index is -0.314. The number of amides is 1. The molecule has 1 N–H and O–H groups in total. The number of carbonyl (C=O) groups excluding carboxylic acids is 1. The van der Waals surface area contributed by atoms with Gasteiger partial charge in [0.05, 0.1) is 6.04 Å². The maximum absolute atomic E-state index is 12.3. The van der Waals surface area contributed by atoms with Crippen LogP contribution in [0.2, 0.25) is 0 Å². The monoisotopic (exact) mass is 244 g/mol. The van der Waals surface area contributed by atoms with Crippen LogP contribution in [0.25, 0.3) is 0 Å². The average molecular weight is 244 g/mol. The molecule has 1 amide bonds. The molecule has 1 fully saturated rings. The summed E-state index contributed by atoms with van der Waals surface area (Å²) in [6.45, 7) is 1.73. The third-order valence-corrected chi connectivity index (χ3v) is 3.45. The minimum absolute atomic E-state index is 0.126. The number of nitrogens with one attached hydrogen (secondary N) is 1. The molecule has 3 nitrogen and oxygen atoms in total. The lowest BCUT2D eigenvalue weighted by Gasteiger charge is -2.30. The van der Waals surface area contributed by atoms with Gasteiger partial charge in [-0.25, -0.2) is 0 Å². The van der Waals surface area contributed by atoms with Crippen molar-refractivity contribution in [1.82, 2.24) is 10.2 Å². The zero-order valence-electron chi connectivity index (χ0n) is 10.6. The third-order valence-electron chi connectivity index (χ3n) is 3.45. The first kappa shape index (κ1) is 13.1. The van der Waals surface area contributed by atoms with Gasteiger partial charge in [-0.15, -0.1) is 0 Å². The van der Waals surface area contributed by atoms with Gasteiger partial charge in [0.2, 0.25) is 5.91 Å². The van der Waals surface area contributed by atoms with Crippen LogP contribution in [0, 0.1) is 7.05 Å². The van der Waals surface area contributed by atoms with Crippen LogP contribution < -0.4 is 5.32 Å². The molecule has 2 radical (unpaired) electrons. The molecule has 0 saturated carbocycles. The van der Waals surface area contributed by atoms with Gasteiger partial charge in [0.15, 0.2) is 0 Å². The van der Waals surface area contributed by atoms with E-state index < -0.39 is 0 Å². The van der Waals surface area contributed by atoms with E-state index in [9.17, 15) is 4.79 Å². The van der Waals surface area contributed by atoms with Crippen LogP contribution in [0.15, 0.2) is 30.3 Å². The van der Waals surface area contributed by atoms with E-state index in [0.717, 1.165) is 31.5 Å². The van der Waals surface area contributed by atoms with Crippen LogP contribution >= 0.6 is 0 Å². The number of hydrogen-bond acceptors (Lipinski definition) is 2.